The summed E-state index contributed by atoms with van der Waals surface area (Å²) in [5, 5.41) is 0. The largest absolute Gasteiger partial charge is 0.416 e. The van der Waals surface area contributed by atoms with Gasteiger partial charge in [0.15, 0.2) is 0 Å². The first kappa shape index (κ1) is 13.0. The molecule has 0 fully saturated rings. The molecule has 3 nitrogen and oxygen atoms in total. The van der Waals surface area contributed by atoms with Crippen LogP contribution < -0.4 is 4.72 Å². The molecule has 0 bridgehead atoms. The highest BCUT2D eigenvalue weighted by molar-refractivity contribution is 7.89. The van der Waals surface area contributed by atoms with Crippen molar-refractivity contribution in [2.24, 2.45) is 0 Å². The Kier molecular flexibility index (Phi) is 3.59. The number of halogens is 3. The second-order valence-corrected chi connectivity index (χ2v) is 4.79. The molecule has 1 aromatic rings. The standard InChI is InChI=1S/C9H10F3NO2S/c1-2-13-16(14,15)8-5-3-4-7(6-8)9(10,11)12/h3-6,13H,2H2,1H3. The minimum absolute atomic E-state index is 0.124. The minimum Gasteiger partial charge on any atom is -0.211 e. The predicted octanol–water partition coefficient (Wildman–Crippen LogP) is 2.00. The molecule has 1 aromatic carbocycles. The van der Waals surface area contributed by atoms with E-state index >= 15 is 0 Å². The van der Waals surface area contributed by atoms with Gasteiger partial charge in [0.2, 0.25) is 10.0 Å². The molecule has 0 aliphatic rings. The van der Waals surface area contributed by atoms with Gasteiger partial charge in [0.05, 0.1) is 10.5 Å². The maximum absolute atomic E-state index is 12.3. The smallest absolute Gasteiger partial charge is 0.211 e. The Bertz CT molecular complexity index is 468. The second kappa shape index (κ2) is 4.42. The zero-order valence-electron chi connectivity index (χ0n) is 8.38. The second-order valence-electron chi connectivity index (χ2n) is 3.03. The third kappa shape index (κ3) is 2.96. The zero-order valence-corrected chi connectivity index (χ0v) is 9.19. The molecule has 0 aromatic heterocycles. The third-order valence-electron chi connectivity index (χ3n) is 1.81. The number of sulfonamides is 1. The summed E-state index contributed by atoms with van der Waals surface area (Å²) < 4.78 is 62.0. The topological polar surface area (TPSA) is 46.2 Å². The van der Waals surface area contributed by atoms with Crippen LogP contribution >= 0.6 is 0 Å². The van der Waals surface area contributed by atoms with Crippen molar-refractivity contribution < 1.29 is 21.6 Å². The van der Waals surface area contributed by atoms with Crippen LogP contribution in [0.15, 0.2) is 29.2 Å². The maximum Gasteiger partial charge on any atom is 0.416 e. The van der Waals surface area contributed by atoms with Gasteiger partial charge in [-0.3, -0.25) is 0 Å². The molecule has 90 valence electrons. The molecular weight excluding hydrogens is 243 g/mol. The van der Waals surface area contributed by atoms with Crippen molar-refractivity contribution in [1.82, 2.24) is 4.72 Å². The Balaban J connectivity index is 3.19. The lowest BCUT2D eigenvalue weighted by Gasteiger charge is -2.09. The lowest BCUT2D eigenvalue weighted by molar-refractivity contribution is -0.137. The Morgan fingerprint density at radius 3 is 2.44 bits per heavy atom. The van der Waals surface area contributed by atoms with Gasteiger partial charge in [-0.15, -0.1) is 0 Å². The SMILES string of the molecule is CCNS(=O)(=O)c1cccc(C(F)(F)F)c1. The van der Waals surface area contributed by atoms with E-state index in [9.17, 15) is 21.6 Å². The molecule has 16 heavy (non-hydrogen) atoms. The van der Waals surface area contributed by atoms with E-state index in [-0.39, 0.29) is 11.4 Å². The van der Waals surface area contributed by atoms with Gasteiger partial charge in [-0.05, 0) is 18.2 Å². The number of benzene rings is 1. The molecule has 0 aliphatic carbocycles. The zero-order chi connectivity index (χ0) is 12.4. The molecule has 0 radical (unpaired) electrons. The normalized spacial score (nSPS) is 12.8. The Morgan fingerprint density at radius 1 is 1.31 bits per heavy atom. The van der Waals surface area contributed by atoms with Crippen LogP contribution in [0, 0.1) is 0 Å². The first-order chi connectivity index (χ1) is 7.27. The van der Waals surface area contributed by atoms with E-state index in [1.54, 1.807) is 6.92 Å². The molecule has 0 unspecified atom stereocenters. The summed E-state index contributed by atoms with van der Waals surface area (Å²) in [7, 11) is -3.84. The number of rotatable bonds is 3. The van der Waals surface area contributed by atoms with Crippen molar-refractivity contribution in [2.45, 2.75) is 18.0 Å². The average molecular weight is 253 g/mol. The van der Waals surface area contributed by atoms with Crippen molar-refractivity contribution in [1.29, 1.82) is 0 Å². The molecule has 0 saturated carbocycles. The first-order valence-corrected chi connectivity index (χ1v) is 5.92. The van der Waals surface area contributed by atoms with Crippen LogP contribution in [-0.4, -0.2) is 15.0 Å². The lowest BCUT2D eigenvalue weighted by atomic mass is 10.2. The van der Waals surface area contributed by atoms with Crippen molar-refractivity contribution in [2.75, 3.05) is 6.54 Å². The molecule has 0 amide bonds. The maximum atomic E-state index is 12.3. The van der Waals surface area contributed by atoms with Gasteiger partial charge >= 0.3 is 6.18 Å². The van der Waals surface area contributed by atoms with Gasteiger partial charge in [0.25, 0.3) is 0 Å². The number of alkyl halides is 3. The Hall–Kier alpha value is -1.08. The van der Waals surface area contributed by atoms with Gasteiger partial charge < -0.3 is 0 Å². The highest BCUT2D eigenvalue weighted by Crippen LogP contribution is 2.30. The predicted molar refractivity (Wildman–Crippen MR) is 52.3 cm³/mol. The van der Waals surface area contributed by atoms with E-state index in [0.29, 0.717) is 6.07 Å². The van der Waals surface area contributed by atoms with Gasteiger partial charge in [0.1, 0.15) is 0 Å². The van der Waals surface area contributed by atoms with Crippen molar-refractivity contribution in [3.8, 4) is 0 Å². The van der Waals surface area contributed by atoms with Crippen LogP contribution in [0.4, 0.5) is 13.2 Å². The fraction of sp³-hybridized carbons (Fsp3) is 0.333. The summed E-state index contributed by atoms with van der Waals surface area (Å²) in [6, 6.07) is 3.61. The van der Waals surface area contributed by atoms with E-state index in [0.717, 1.165) is 18.2 Å². The van der Waals surface area contributed by atoms with E-state index in [2.05, 4.69) is 4.72 Å². The summed E-state index contributed by atoms with van der Waals surface area (Å²) in [5.41, 5.74) is -0.980. The monoisotopic (exact) mass is 253 g/mol. The van der Waals surface area contributed by atoms with Gasteiger partial charge in [-0.25, -0.2) is 13.1 Å². The third-order valence-corrected chi connectivity index (χ3v) is 3.35. The number of nitrogens with one attached hydrogen (secondary N) is 1. The fourth-order valence-corrected chi connectivity index (χ4v) is 2.20. The van der Waals surface area contributed by atoms with Gasteiger partial charge in [-0.2, -0.15) is 13.2 Å². The summed E-state index contributed by atoms with van der Waals surface area (Å²) in [5.74, 6) is 0. The van der Waals surface area contributed by atoms with E-state index < -0.39 is 21.8 Å². The number of hydrogen-bond donors (Lipinski definition) is 1. The molecule has 0 atom stereocenters. The first-order valence-electron chi connectivity index (χ1n) is 4.44. The molecular formula is C9H10F3NO2S. The van der Waals surface area contributed by atoms with Crippen LogP contribution in [0.3, 0.4) is 0 Å². The molecule has 7 heteroatoms. The average Bonchev–Trinajstić information content (AvgIpc) is 2.16. The Morgan fingerprint density at radius 2 is 1.94 bits per heavy atom. The van der Waals surface area contributed by atoms with Crippen LogP contribution in [0.2, 0.25) is 0 Å². The quantitative estimate of drug-likeness (QED) is 0.895. The summed E-state index contributed by atoms with van der Waals surface area (Å²) >= 11 is 0. The van der Waals surface area contributed by atoms with Gasteiger partial charge in [-0.1, -0.05) is 13.0 Å². The van der Waals surface area contributed by atoms with Crippen molar-refractivity contribution in [3.05, 3.63) is 29.8 Å². The molecule has 0 saturated heterocycles. The van der Waals surface area contributed by atoms with Crippen LogP contribution in [0.1, 0.15) is 12.5 Å². The molecule has 1 N–H and O–H groups in total. The molecule has 0 heterocycles. The van der Waals surface area contributed by atoms with Crippen LogP contribution in [-0.2, 0) is 16.2 Å². The molecule has 0 spiro atoms. The lowest BCUT2D eigenvalue weighted by Crippen LogP contribution is -2.23. The van der Waals surface area contributed by atoms with Crippen molar-refractivity contribution >= 4 is 10.0 Å². The Labute approximate surface area is 91.3 Å². The van der Waals surface area contributed by atoms with E-state index in [1.807, 2.05) is 0 Å². The number of hydrogen-bond acceptors (Lipinski definition) is 2. The van der Waals surface area contributed by atoms with E-state index in [1.165, 1.54) is 0 Å². The summed E-state index contributed by atoms with van der Waals surface area (Å²) in [6.07, 6.45) is -4.54. The summed E-state index contributed by atoms with van der Waals surface area (Å²) in [6.45, 7) is 1.67. The minimum atomic E-state index is -4.54. The van der Waals surface area contributed by atoms with Crippen molar-refractivity contribution in [3.63, 3.8) is 0 Å². The fourth-order valence-electron chi connectivity index (χ4n) is 1.11. The highest BCUT2D eigenvalue weighted by Gasteiger charge is 2.31. The van der Waals surface area contributed by atoms with Crippen LogP contribution in [0.25, 0.3) is 0 Å². The highest BCUT2D eigenvalue weighted by atomic mass is 32.2. The molecule has 1 rings (SSSR count). The van der Waals surface area contributed by atoms with Gasteiger partial charge in [0, 0.05) is 6.54 Å². The van der Waals surface area contributed by atoms with E-state index in [4.69, 9.17) is 0 Å². The summed E-state index contributed by atoms with van der Waals surface area (Å²) in [4.78, 5) is -0.385. The molecule has 0 aliphatic heterocycles. The van der Waals surface area contributed by atoms with Crippen LogP contribution in [0.5, 0.6) is 0 Å².